The number of carbonyl (C=O) groups is 2. The molecule has 0 heterocycles. The Labute approximate surface area is 248 Å². The molecule has 4 N–H and O–H groups in total. The highest BCUT2D eigenvalue weighted by Gasteiger charge is 2.51. The Morgan fingerprint density at radius 1 is 0.902 bits per heavy atom. The molecule has 2 aromatic carbocycles. The van der Waals surface area contributed by atoms with E-state index in [9.17, 15) is 14.7 Å². The van der Waals surface area contributed by atoms with E-state index in [0.29, 0.717) is 23.9 Å². The summed E-state index contributed by atoms with van der Waals surface area (Å²) in [6.45, 7) is 4.55. The number of amides is 1. The molecular weight excluding hydrogens is 534 g/mol. The van der Waals surface area contributed by atoms with E-state index in [1.807, 2.05) is 68.4 Å². The highest BCUT2D eigenvalue weighted by Crippen LogP contribution is 2.55. The fraction of sp³-hybridized carbons (Fsp3) is 0.545. The molecule has 2 aromatic rings. The van der Waals surface area contributed by atoms with Crippen molar-refractivity contribution in [2.75, 3.05) is 0 Å². The first-order valence-electron chi connectivity index (χ1n) is 15.0. The monoisotopic (exact) mass is 577 g/mol. The van der Waals surface area contributed by atoms with Gasteiger partial charge in [0.1, 0.15) is 24.4 Å². The van der Waals surface area contributed by atoms with Gasteiger partial charge in [0.05, 0.1) is 0 Å². The molecule has 0 saturated heterocycles. The molecule has 0 radical (unpaired) electrons. The summed E-state index contributed by atoms with van der Waals surface area (Å²) in [4.78, 5) is 25.6. The van der Waals surface area contributed by atoms with E-state index in [2.05, 4.69) is 16.0 Å². The summed E-state index contributed by atoms with van der Waals surface area (Å²) in [7, 11) is 0. The molecule has 0 unspecified atom stereocenters. The lowest BCUT2D eigenvalue weighted by Gasteiger charge is -2.57. The van der Waals surface area contributed by atoms with E-state index in [-0.39, 0.29) is 23.8 Å². The Kier molecular flexibility index (Phi) is 9.17. The molecule has 4 aliphatic rings. The third kappa shape index (κ3) is 7.79. The molecule has 1 amide bonds. The summed E-state index contributed by atoms with van der Waals surface area (Å²) < 4.78 is 5.84. The molecule has 0 aromatic heterocycles. The van der Waals surface area contributed by atoms with Gasteiger partial charge in [0.2, 0.25) is 5.91 Å². The van der Waals surface area contributed by atoms with Gasteiger partial charge in [-0.2, -0.15) is 0 Å². The van der Waals surface area contributed by atoms with Crippen LogP contribution in [0.1, 0.15) is 69.9 Å². The Bertz CT molecular complexity index is 1180. The molecule has 4 aliphatic carbocycles. The number of aliphatic carboxylic acids is 1. The standard InChI is InChI=1S/C33H43N3O4S/c1-21(2)12-28(35-32(41)36-33-17-24-13-25(18-33)15-26(14-24)19-33)30(37)34-29(31(38)39)16-22-8-10-27(11-9-22)40-20-23-6-4-3-5-7-23/h3-11,21,24-26,28-29H,12-20H2,1-2H3,(H,34,37)(H,38,39)(H2,35,36,41)/t24?,25?,26?,28-,29-,33?/m0/s1. The Morgan fingerprint density at radius 3 is 2.07 bits per heavy atom. The number of ether oxygens (including phenoxy) is 1. The number of carbonyl (C=O) groups excluding carboxylic acids is 1. The maximum Gasteiger partial charge on any atom is 0.326 e. The topological polar surface area (TPSA) is 99.7 Å². The van der Waals surface area contributed by atoms with Crippen LogP contribution < -0.4 is 20.7 Å². The van der Waals surface area contributed by atoms with E-state index >= 15 is 0 Å². The predicted molar refractivity (Wildman–Crippen MR) is 164 cm³/mol. The third-order valence-corrected chi connectivity index (χ3v) is 9.19. The highest BCUT2D eigenvalue weighted by molar-refractivity contribution is 7.80. The Hall–Kier alpha value is -3.13. The second-order valence-corrected chi connectivity index (χ2v) is 13.4. The van der Waals surface area contributed by atoms with E-state index in [0.717, 1.165) is 48.1 Å². The summed E-state index contributed by atoms with van der Waals surface area (Å²) in [6.07, 6.45) is 8.22. The molecule has 0 spiro atoms. The average Bonchev–Trinajstić information content (AvgIpc) is 2.91. The van der Waals surface area contributed by atoms with Crippen molar-refractivity contribution in [3.63, 3.8) is 0 Å². The van der Waals surface area contributed by atoms with Gasteiger partial charge < -0.3 is 25.8 Å². The second kappa shape index (κ2) is 12.8. The summed E-state index contributed by atoms with van der Waals surface area (Å²) in [5.41, 5.74) is 1.91. The molecule has 4 bridgehead atoms. The van der Waals surface area contributed by atoms with Gasteiger partial charge in [-0.05, 0) is 104 Å². The normalized spacial score (nSPS) is 25.8. The number of carboxylic acids is 1. The number of hydrogen-bond donors (Lipinski definition) is 4. The lowest BCUT2D eigenvalue weighted by Crippen LogP contribution is -2.63. The van der Waals surface area contributed by atoms with Crippen molar-refractivity contribution < 1.29 is 19.4 Å². The van der Waals surface area contributed by atoms with Gasteiger partial charge >= 0.3 is 5.97 Å². The average molecular weight is 578 g/mol. The maximum atomic E-state index is 13.4. The number of benzene rings is 2. The molecule has 2 atom stereocenters. The van der Waals surface area contributed by atoms with Crippen LogP contribution in [-0.4, -0.2) is 39.7 Å². The number of thiocarbonyl (C=S) groups is 1. The van der Waals surface area contributed by atoms with E-state index in [4.69, 9.17) is 17.0 Å². The van der Waals surface area contributed by atoms with Crippen molar-refractivity contribution in [2.24, 2.45) is 23.7 Å². The zero-order valence-corrected chi connectivity index (χ0v) is 24.9. The van der Waals surface area contributed by atoms with Gasteiger partial charge in [-0.15, -0.1) is 0 Å². The molecular formula is C33H43N3O4S. The zero-order valence-electron chi connectivity index (χ0n) is 24.1. The van der Waals surface area contributed by atoms with Crippen LogP contribution in [0.15, 0.2) is 54.6 Å². The SMILES string of the molecule is CC(C)C[C@H](NC(=S)NC12CC3CC(CC(C3)C1)C2)C(=O)N[C@@H](Cc1ccc(OCc2ccccc2)cc1)C(=O)O. The largest absolute Gasteiger partial charge is 0.489 e. The number of nitrogens with one attached hydrogen (secondary N) is 3. The van der Waals surface area contributed by atoms with Gasteiger partial charge in [-0.3, -0.25) is 4.79 Å². The highest BCUT2D eigenvalue weighted by atomic mass is 32.1. The van der Waals surface area contributed by atoms with Crippen LogP contribution in [-0.2, 0) is 22.6 Å². The summed E-state index contributed by atoms with van der Waals surface area (Å²) in [6, 6.07) is 15.6. The molecule has 220 valence electrons. The Balaban J connectivity index is 1.17. The summed E-state index contributed by atoms with van der Waals surface area (Å²) >= 11 is 5.74. The van der Waals surface area contributed by atoms with Crippen molar-refractivity contribution in [1.29, 1.82) is 0 Å². The molecule has 8 heteroatoms. The third-order valence-electron chi connectivity index (χ3n) is 8.97. The van der Waals surface area contributed by atoms with Crippen molar-refractivity contribution >= 4 is 29.2 Å². The zero-order chi connectivity index (χ0) is 29.0. The number of rotatable bonds is 12. The lowest BCUT2D eigenvalue weighted by molar-refractivity contribution is -0.142. The minimum absolute atomic E-state index is 0.0399. The van der Waals surface area contributed by atoms with Crippen LogP contribution in [0.2, 0.25) is 0 Å². The van der Waals surface area contributed by atoms with Crippen LogP contribution in [0.25, 0.3) is 0 Å². The van der Waals surface area contributed by atoms with Crippen LogP contribution in [0, 0.1) is 23.7 Å². The second-order valence-electron chi connectivity index (χ2n) is 13.0. The summed E-state index contributed by atoms with van der Waals surface area (Å²) in [5.74, 6) is 1.87. The molecule has 0 aliphatic heterocycles. The fourth-order valence-electron chi connectivity index (χ4n) is 7.57. The van der Waals surface area contributed by atoms with E-state index in [1.165, 1.54) is 19.3 Å². The van der Waals surface area contributed by atoms with Gasteiger partial charge in [0.25, 0.3) is 0 Å². The predicted octanol–water partition coefficient (Wildman–Crippen LogP) is 5.23. The quantitative estimate of drug-likeness (QED) is 0.257. The number of hydrogen-bond acceptors (Lipinski definition) is 4. The smallest absolute Gasteiger partial charge is 0.326 e. The first-order valence-corrected chi connectivity index (χ1v) is 15.4. The molecule has 4 fully saturated rings. The molecule has 6 rings (SSSR count). The molecule has 7 nitrogen and oxygen atoms in total. The van der Waals surface area contributed by atoms with E-state index < -0.39 is 18.1 Å². The summed E-state index contributed by atoms with van der Waals surface area (Å²) in [5, 5.41) is 20.1. The van der Waals surface area contributed by atoms with Crippen LogP contribution >= 0.6 is 12.2 Å². The van der Waals surface area contributed by atoms with Gasteiger partial charge in [0.15, 0.2) is 5.11 Å². The van der Waals surface area contributed by atoms with Gasteiger partial charge in [-0.25, -0.2) is 4.79 Å². The van der Waals surface area contributed by atoms with Crippen LogP contribution in [0.5, 0.6) is 5.75 Å². The minimum Gasteiger partial charge on any atom is -0.489 e. The molecule has 41 heavy (non-hydrogen) atoms. The lowest BCUT2D eigenvalue weighted by atomic mass is 9.53. The minimum atomic E-state index is -1.07. The Morgan fingerprint density at radius 2 is 1.51 bits per heavy atom. The van der Waals surface area contributed by atoms with Crippen molar-refractivity contribution in [1.82, 2.24) is 16.0 Å². The maximum absolute atomic E-state index is 13.4. The van der Waals surface area contributed by atoms with Crippen molar-refractivity contribution in [3.05, 3.63) is 65.7 Å². The number of carboxylic acid groups (broad SMARTS) is 1. The van der Waals surface area contributed by atoms with Crippen molar-refractivity contribution in [2.45, 2.75) is 89.4 Å². The van der Waals surface area contributed by atoms with Gasteiger partial charge in [0, 0.05) is 12.0 Å². The van der Waals surface area contributed by atoms with Gasteiger partial charge in [-0.1, -0.05) is 56.3 Å². The fourth-order valence-corrected chi connectivity index (χ4v) is 7.93. The van der Waals surface area contributed by atoms with Crippen LogP contribution in [0.4, 0.5) is 0 Å². The molecule has 4 saturated carbocycles. The first kappa shape index (κ1) is 29.4. The van der Waals surface area contributed by atoms with Crippen LogP contribution in [0.3, 0.4) is 0 Å². The first-order chi connectivity index (χ1) is 19.7. The van der Waals surface area contributed by atoms with E-state index in [1.54, 1.807) is 0 Å². The van der Waals surface area contributed by atoms with Crippen molar-refractivity contribution in [3.8, 4) is 5.75 Å².